The minimum absolute atomic E-state index is 0.363. The van der Waals surface area contributed by atoms with Gasteiger partial charge in [0.05, 0.1) is 11.4 Å². The predicted molar refractivity (Wildman–Crippen MR) is 120 cm³/mol. The Balaban J connectivity index is 3.61. The first-order valence-corrected chi connectivity index (χ1v) is 13.6. The molecule has 2 unspecified atom stereocenters. The summed E-state index contributed by atoms with van der Waals surface area (Å²) < 4.78 is 32.3. The fourth-order valence-corrected chi connectivity index (χ4v) is 4.71. The lowest BCUT2D eigenvalue weighted by atomic mass is 10.0. The smallest absolute Gasteiger partial charge is 0.267 e. The van der Waals surface area contributed by atoms with Crippen molar-refractivity contribution >= 4 is 10.1 Å². The summed E-state index contributed by atoms with van der Waals surface area (Å²) in [6.45, 7) is 4.32. The number of hydrogen-bond donors (Lipinski definition) is 2. The third-order valence-corrected chi connectivity index (χ3v) is 7.08. The van der Waals surface area contributed by atoms with Crippen LogP contribution in [0, 0.1) is 0 Å². The Morgan fingerprint density at radius 3 is 1.43 bits per heavy atom. The normalized spacial score (nSPS) is 14.3. The zero-order valence-corrected chi connectivity index (χ0v) is 19.5. The highest BCUT2D eigenvalue weighted by atomic mass is 32.2. The lowest BCUT2D eigenvalue weighted by Gasteiger charge is -2.16. The van der Waals surface area contributed by atoms with E-state index in [1.807, 2.05) is 0 Å². The average molecular weight is 421 g/mol. The van der Waals surface area contributed by atoms with E-state index in [-0.39, 0.29) is 0 Å². The number of unbranched alkanes of at least 4 members (excludes halogenated alkanes) is 13. The zero-order valence-electron chi connectivity index (χ0n) is 18.7. The summed E-state index contributed by atoms with van der Waals surface area (Å²) in [4.78, 5) is 0. The van der Waals surface area contributed by atoms with E-state index in [0.29, 0.717) is 19.3 Å². The molecule has 0 aliphatic carbocycles. The van der Waals surface area contributed by atoms with E-state index < -0.39 is 21.5 Å². The minimum atomic E-state index is -4.00. The fraction of sp³-hybridized carbons (Fsp3) is 1.00. The first-order chi connectivity index (χ1) is 13.4. The molecule has 0 aliphatic heterocycles. The van der Waals surface area contributed by atoms with Crippen LogP contribution < -0.4 is 0 Å². The summed E-state index contributed by atoms with van der Waals surface area (Å²) in [5.41, 5.74) is 0. The van der Waals surface area contributed by atoms with Gasteiger partial charge < -0.3 is 5.11 Å². The van der Waals surface area contributed by atoms with Gasteiger partial charge >= 0.3 is 0 Å². The Morgan fingerprint density at radius 2 is 0.964 bits per heavy atom. The maximum absolute atomic E-state index is 11.5. The molecule has 0 heterocycles. The monoisotopic (exact) mass is 420 g/mol. The van der Waals surface area contributed by atoms with Gasteiger partial charge in [0.2, 0.25) is 0 Å². The molecule has 0 spiro atoms. The highest BCUT2D eigenvalue weighted by molar-refractivity contribution is 7.86. The van der Waals surface area contributed by atoms with Gasteiger partial charge in [0, 0.05) is 0 Å². The van der Waals surface area contributed by atoms with Crippen molar-refractivity contribution in [2.75, 3.05) is 0 Å². The van der Waals surface area contributed by atoms with Crippen LogP contribution in [0.15, 0.2) is 0 Å². The standard InChI is InChI=1S/C23H48O4S/c1-3-5-7-8-9-10-11-12-13-14-15-17-18-22(24)20-21-23(28(25,26)27)19-16-6-4-2/h22-24H,3-21H2,1-2H3,(H,25,26,27). The Morgan fingerprint density at radius 1 is 0.571 bits per heavy atom. The number of aliphatic hydroxyl groups excluding tert-OH is 1. The lowest BCUT2D eigenvalue weighted by molar-refractivity contribution is 0.147. The van der Waals surface area contributed by atoms with Crippen molar-refractivity contribution in [3.8, 4) is 0 Å². The van der Waals surface area contributed by atoms with Crippen LogP contribution in [0.3, 0.4) is 0 Å². The third-order valence-electron chi connectivity index (χ3n) is 5.76. The molecular weight excluding hydrogens is 372 g/mol. The van der Waals surface area contributed by atoms with E-state index in [0.717, 1.165) is 38.5 Å². The Labute approximate surface area is 175 Å². The molecule has 0 bridgehead atoms. The summed E-state index contributed by atoms with van der Waals surface area (Å²) in [7, 11) is -4.00. The molecule has 0 rings (SSSR count). The molecule has 0 amide bonds. The van der Waals surface area contributed by atoms with Crippen LogP contribution in [0.5, 0.6) is 0 Å². The average Bonchev–Trinajstić information content (AvgIpc) is 2.64. The van der Waals surface area contributed by atoms with Crippen LogP contribution in [-0.4, -0.2) is 29.4 Å². The van der Waals surface area contributed by atoms with Crippen molar-refractivity contribution in [2.45, 2.75) is 147 Å². The largest absolute Gasteiger partial charge is 0.393 e. The molecular formula is C23H48O4S. The summed E-state index contributed by atoms with van der Waals surface area (Å²) in [5.74, 6) is 0. The second-order valence-corrected chi connectivity index (χ2v) is 10.2. The molecule has 0 aromatic carbocycles. The van der Waals surface area contributed by atoms with Gasteiger partial charge in [0.15, 0.2) is 0 Å². The van der Waals surface area contributed by atoms with Crippen LogP contribution in [-0.2, 0) is 10.1 Å². The first-order valence-electron chi connectivity index (χ1n) is 12.1. The Kier molecular flexibility index (Phi) is 18.8. The van der Waals surface area contributed by atoms with E-state index >= 15 is 0 Å². The molecule has 4 nitrogen and oxygen atoms in total. The van der Waals surface area contributed by atoms with Crippen molar-refractivity contribution in [3.05, 3.63) is 0 Å². The minimum Gasteiger partial charge on any atom is -0.393 e. The molecule has 0 aromatic heterocycles. The topological polar surface area (TPSA) is 74.6 Å². The summed E-state index contributed by atoms with van der Waals surface area (Å²) in [6, 6.07) is 0. The van der Waals surface area contributed by atoms with E-state index in [1.54, 1.807) is 0 Å². The second kappa shape index (κ2) is 18.9. The zero-order chi connectivity index (χ0) is 21.1. The summed E-state index contributed by atoms with van der Waals surface area (Å²) in [6.07, 6.45) is 20.0. The number of hydrogen-bond acceptors (Lipinski definition) is 3. The summed E-state index contributed by atoms with van der Waals surface area (Å²) in [5, 5.41) is 9.41. The van der Waals surface area contributed by atoms with Crippen LogP contribution in [0.4, 0.5) is 0 Å². The summed E-state index contributed by atoms with van der Waals surface area (Å²) >= 11 is 0. The second-order valence-electron chi connectivity index (χ2n) is 8.54. The van der Waals surface area contributed by atoms with Crippen molar-refractivity contribution in [2.24, 2.45) is 0 Å². The van der Waals surface area contributed by atoms with E-state index in [1.165, 1.54) is 64.2 Å². The number of rotatable bonds is 21. The quantitative estimate of drug-likeness (QED) is 0.154. The van der Waals surface area contributed by atoms with E-state index in [9.17, 15) is 18.1 Å². The molecule has 2 N–H and O–H groups in total. The van der Waals surface area contributed by atoms with Gasteiger partial charge in [0.1, 0.15) is 0 Å². The molecule has 5 heteroatoms. The van der Waals surface area contributed by atoms with Crippen LogP contribution in [0.1, 0.15) is 136 Å². The Hall–Kier alpha value is -0.130. The predicted octanol–water partition coefficient (Wildman–Crippen LogP) is 7.06. The molecule has 0 aliphatic rings. The van der Waals surface area contributed by atoms with Crippen molar-refractivity contribution < 1.29 is 18.1 Å². The van der Waals surface area contributed by atoms with Gasteiger partial charge in [-0.1, -0.05) is 110 Å². The van der Waals surface area contributed by atoms with Crippen LogP contribution >= 0.6 is 0 Å². The molecule has 0 fully saturated rings. The molecule has 0 aromatic rings. The number of aliphatic hydroxyl groups is 1. The van der Waals surface area contributed by atoms with Crippen molar-refractivity contribution in [3.63, 3.8) is 0 Å². The highest BCUT2D eigenvalue weighted by Crippen LogP contribution is 2.19. The molecule has 0 radical (unpaired) electrons. The van der Waals surface area contributed by atoms with E-state index in [4.69, 9.17) is 0 Å². The van der Waals surface area contributed by atoms with Gasteiger partial charge in [0.25, 0.3) is 10.1 Å². The maximum atomic E-state index is 11.5. The molecule has 0 saturated carbocycles. The molecule has 28 heavy (non-hydrogen) atoms. The van der Waals surface area contributed by atoms with Crippen LogP contribution in [0.25, 0.3) is 0 Å². The van der Waals surface area contributed by atoms with Crippen molar-refractivity contribution in [1.82, 2.24) is 0 Å². The maximum Gasteiger partial charge on any atom is 0.267 e. The van der Waals surface area contributed by atoms with Crippen molar-refractivity contribution in [1.29, 1.82) is 0 Å². The Bertz CT molecular complexity index is 422. The molecule has 0 saturated heterocycles. The van der Waals surface area contributed by atoms with Crippen LogP contribution in [0.2, 0.25) is 0 Å². The molecule has 170 valence electrons. The highest BCUT2D eigenvalue weighted by Gasteiger charge is 2.23. The SMILES string of the molecule is CCCCCCCCCCCCCCC(O)CCC(CCCCC)S(=O)(=O)O. The lowest BCUT2D eigenvalue weighted by Crippen LogP contribution is -2.22. The van der Waals surface area contributed by atoms with Gasteiger partial charge in [-0.15, -0.1) is 0 Å². The van der Waals surface area contributed by atoms with E-state index in [2.05, 4.69) is 13.8 Å². The first kappa shape index (κ1) is 27.9. The van der Waals surface area contributed by atoms with Gasteiger partial charge in [-0.2, -0.15) is 8.42 Å². The van der Waals surface area contributed by atoms with Gasteiger partial charge in [-0.25, -0.2) is 0 Å². The third kappa shape index (κ3) is 17.9. The van der Waals surface area contributed by atoms with Gasteiger partial charge in [-0.05, 0) is 25.7 Å². The van der Waals surface area contributed by atoms with Gasteiger partial charge in [-0.3, -0.25) is 4.55 Å². The fourth-order valence-electron chi connectivity index (χ4n) is 3.81. The molecule has 2 atom stereocenters.